The minimum absolute atomic E-state index is 0.00204. The van der Waals surface area contributed by atoms with E-state index >= 15 is 0 Å². The van der Waals surface area contributed by atoms with E-state index in [1.807, 2.05) is 62.4 Å². The van der Waals surface area contributed by atoms with Crippen molar-refractivity contribution in [2.75, 3.05) is 13.2 Å². The molecule has 158 valence electrons. The second-order valence-electron chi connectivity index (χ2n) is 8.93. The molecule has 0 unspecified atom stereocenters. The van der Waals surface area contributed by atoms with E-state index in [-0.39, 0.29) is 23.5 Å². The van der Waals surface area contributed by atoms with E-state index in [0.29, 0.717) is 24.6 Å². The van der Waals surface area contributed by atoms with E-state index in [4.69, 9.17) is 9.47 Å². The monoisotopic (exact) mass is 407 g/mol. The normalized spacial score (nSPS) is 23.7. The summed E-state index contributed by atoms with van der Waals surface area (Å²) in [5.74, 6) is 1.72. The molecule has 0 aliphatic heterocycles. The van der Waals surface area contributed by atoms with Crippen LogP contribution in [0.1, 0.15) is 43.2 Å². The zero-order chi connectivity index (χ0) is 21.2. The van der Waals surface area contributed by atoms with E-state index in [1.54, 1.807) is 0 Å². The molecular weight excluding hydrogens is 378 g/mol. The molecule has 1 amide bonds. The summed E-state index contributed by atoms with van der Waals surface area (Å²) in [6.07, 6.45) is 3.53. The number of ketones is 1. The summed E-state index contributed by atoms with van der Waals surface area (Å²) in [5, 5.41) is 3.07. The third-order valence-corrected chi connectivity index (χ3v) is 6.22. The van der Waals surface area contributed by atoms with E-state index < -0.39 is 0 Å². The molecule has 5 heteroatoms. The molecule has 3 saturated carbocycles. The van der Waals surface area contributed by atoms with Gasteiger partial charge in [0.1, 0.15) is 17.3 Å². The molecule has 0 spiro atoms. The molecule has 2 aromatic rings. The van der Waals surface area contributed by atoms with Crippen LogP contribution in [0.4, 0.5) is 0 Å². The topological polar surface area (TPSA) is 64.6 Å². The molecule has 0 radical (unpaired) electrons. The van der Waals surface area contributed by atoms with Crippen molar-refractivity contribution in [1.29, 1.82) is 0 Å². The van der Waals surface area contributed by atoms with Crippen LogP contribution in [0.15, 0.2) is 48.5 Å². The summed E-state index contributed by atoms with van der Waals surface area (Å²) in [6, 6.07) is 15.6. The van der Waals surface area contributed by atoms with Crippen molar-refractivity contribution in [3.05, 3.63) is 59.7 Å². The Morgan fingerprint density at radius 1 is 0.933 bits per heavy atom. The lowest BCUT2D eigenvalue weighted by atomic mass is 9.37. The van der Waals surface area contributed by atoms with Crippen molar-refractivity contribution >= 4 is 11.7 Å². The first kappa shape index (κ1) is 20.5. The average molecular weight is 408 g/mol. The van der Waals surface area contributed by atoms with E-state index in [9.17, 15) is 9.59 Å². The van der Waals surface area contributed by atoms with Crippen LogP contribution in [0, 0.1) is 19.3 Å². The van der Waals surface area contributed by atoms with Crippen molar-refractivity contribution in [2.45, 2.75) is 51.5 Å². The van der Waals surface area contributed by atoms with E-state index in [1.165, 1.54) is 0 Å². The van der Waals surface area contributed by atoms with Gasteiger partial charge in [-0.1, -0.05) is 29.8 Å². The number of carbonyl (C=O) groups is 2. The lowest BCUT2D eigenvalue weighted by Gasteiger charge is -2.69. The molecule has 0 heterocycles. The van der Waals surface area contributed by atoms with E-state index in [2.05, 4.69) is 5.32 Å². The largest absolute Gasteiger partial charge is 0.494 e. The Balaban J connectivity index is 1.14. The van der Waals surface area contributed by atoms with Gasteiger partial charge in [-0.15, -0.1) is 0 Å². The van der Waals surface area contributed by atoms with Crippen LogP contribution >= 0.6 is 0 Å². The third-order valence-electron chi connectivity index (χ3n) is 6.22. The molecule has 30 heavy (non-hydrogen) atoms. The standard InChI is InChI=1S/C25H29NO4/c1-18-8-10-20(11-9-18)30-14-23(28)26-25-15-24(16-25,17-25)22(27)7-4-12-29-21-6-3-5-19(2)13-21/h3,5-6,8-11,13H,4,7,12,14-17H2,1-2H3,(H,26,28). The molecule has 3 aliphatic carbocycles. The van der Waals surface area contributed by atoms with Gasteiger partial charge in [-0.25, -0.2) is 0 Å². The summed E-state index contributed by atoms with van der Waals surface area (Å²) >= 11 is 0. The van der Waals surface area contributed by atoms with Gasteiger partial charge in [-0.3, -0.25) is 9.59 Å². The molecule has 3 aliphatic rings. The number of rotatable bonds is 10. The second kappa shape index (κ2) is 8.13. The van der Waals surface area contributed by atoms with Crippen LogP contribution in [0.3, 0.4) is 0 Å². The number of hydrogen-bond donors (Lipinski definition) is 1. The number of hydrogen-bond acceptors (Lipinski definition) is 4. The number of carbonyl (C=O) groups excluding carboxylic acids is 2. The fraction of sp³-hybridized carbons (Fsp3) is 0.440. The third kappa shape index (κ3) is 4.35. The van der Waals surface area contributed by atoms with Crippen molar-refractivity contribution in [3.63, 3.8) is 0 Å². The highest BCUT2D eigenvalue weighted by molar-refractivity contribution is 5.90. The highest BCUT2D eigenvalue weighted by atomic mass is 16.5. The number of ether oxygens (including phenoxy) is 2. The predicted octanol–water partition coefficient (Wildman–Crippen LogP) is 4.15. The van der Waals surface area contributed by atoms with Crippen LogP contribution in [0.2, 0.25) is 0 Å². The number of benzene rings is 2. The van der Waals surface area contributed by atoms with Gasteiger partial charge in [-0.2, -0.15) is 0 Å². The number of nitrogens with one attached hydrogen (secondary N) is 1. The quantitative estimate of drug-likeness (QED) is 0.601. The summed E-state index contributed by atoms with van der Waals surface area (Å²) in [5.41, 5.74) is 1.90. The Morgan fingerprint density at radius 3 is 2.37 bits per heavy atom. The van der Waals surface area contributed by atoms with Crippen LogP contribution in [-0.4, -0.2) is 30.4 Å². The van der Waals surface area contributed by atoms with Crippen molar-refractivity contribution in [2.24, 2.45) is 5.41 Å². The Kier molecular flexibility index (Phi) is 5.54. The SMILES string of the molecule is Cc1ccc(OCC(=O)NC23CC(C(=O)CCCOc4cccc(C)c4)(C2)C3)cc1. The average Bonchev–Trinajstić information content (AvgIpc) is 2.66. The first-order valence-electron chi connectivity index (χ1n) is 10.6. The predicted molar refractivity (Wildman–Crippen MR) is 115 cm³/mol. The fourth-order valence-corrected chi connectivity index (χ4v) is 4.72. The Hall–Kier alpha value is -2.82. The highest BCUT2D eigenvalue weighted by Gasteiger charge is 2.71. The van der Waals surface area contributed by atoms with Gasteiger partial charge in [0.15, 0.2) is 6.61 Å². The smallest absolute Gasteiger partial charge is 0.258 e. The minimum Gasteiger partial charge on any atom is -0.494 e. The van der Waals surface area contributed by atoms with E-state index in [0.717, 1.165) is 42.6 Å². The molecule has 0 aromatic heterocycles. The first-order chi connectivity index (χ1) is 14.4. The first-order valence-corrected chi connectivity index (χ1v) is 10.6. The van der Waals surface area contributed by atoms with Gasteiger partial charge in [0, 0.05) is 17.4 Å². The van der Waals surface area contributed by atoms with Crippen LogP contribution < -0.4 is 14.8 Å². The van der Waals surface area contributed by atoms with Gasteiger partial charge in [0.2, 0.25) is 0 Å². The summed E-state index contributed by atoms with van der Waals surface area (Å²) in [4.78, 5) is 24.8. The maximum absolute atomic E-state index is 12.6. The molecule has 5 nitrogen and oxygen atoms in total. The number of aryl methyl sites for hydroxylation is 2. The molecule has 3 fully saturated rings. The van der Waals surface area contributed by atoms with Crippen molar-refractivity contribution in [3.8, 4) is 11.5 Å². The summed E-state index contributed by atoms with van der Waals surface area (Å²) in [7, 11) is 0. The maximum atomic E-state index is 12.6. The second-order valence-corrected chi connectivity index (χ2v) is 8.93. The van der Waals surface area contributed by atoms with Gasteiger partial charge in [-0.05, 0) is 69.4 Å². The minimum atomic E-state index is -0.214. The van der Waals surface area contributed by atoms with Gasteiger partial charge < -0.3 is 14.8 Å². The van der Waals surface area contributed by atoms with Crippen molar-refractivity contribution < 1.29 is 19.1 Å². The molecule has 5 rings (SSSR count). The van der Waals surface area contributed by atoms with Gasteiger partial charge in [0.25, 0.3) is 5.91 Å². The molecule has 0 saturated heterocycles. The summed E-state index contributed by atoms with van der Waals surface area (Å²) in [6.45, 7) is 4.58. The number of Topliss-reactive ketones (excluding diaryl/α,β-unsaturated/α-hetero) is 1. The zero-order valence-electron chi connectivity index (χ0n) is 17.7. The van der Waals surface area contributed by atoms with Crippen molar-refractivity contribution in [1.82, 2.24) is 5.32 Å². The molecule has 0 atom stereocenters. The summed E-state index contributed by atoms with van der Waals surface area (Å²) < 4.78 is 11.3. The highest BCUT2D eigenvalue weighted by Crippen LogP contribution is 2.68. The van der Waals surface area contributed by atoms with Gasteiger partial charge in [0.05, 0.1) is 6.61 Å². The molecular formula is C25H29NO4. The molecule has 1 N–H and O–H groups in total. The lowest BCUT2D eigenvalue weighted by Crippen LogP contribution is -2.77. The fourth-order valence-electron chi connectivity index (χ4n) is 4.72. The van der Waals surface area contributed by atoms with Gasteiger partial charge >= 0.3 is 0 Å². The molecule has 2 bridgehead atoms. The zero-order valence-corrected chi connectivity index (χ0v) is 17.7. The Bertz CT molecular complexity index is 915. The van der Waals surface area contributed by atoms with Crippen LogP contribution in [0.25, 0.3) is 0 Å². The van der Waals surface area contributed by atoms with Crippen LogP contribution in [0.5, 0.6) is 11.5 Å². The Morgan fingerprint density at radius 2 is 1.67 bits per heavy atom. The van der Waals surface area contributed by atoms with Crippen LogP contribution in [-0.2, 0) is 9.59 Å². The Labute approximate surface area is 177 Å². The molecule has 2 aromatic carbocycles. The lowest BCUT2D eigenvalue weighted by molar-refractivity contribution is -0.182. The maximum Gasteiger partial charge on any atom is 0.258 e. The number of amides is 1.